The van der Waals surface area contributed by atoms with Crippen molar-refractivity contribution in [2.75, 3.05) is 0 Å². The molecule has 0 bridgehead atoms. The number of benzene rings is 1. The lowest BCUT2D eigenvalue weighted by Crippen LogP contribution is -2.56. The molecule has 134 valence electrons. The number of ether oxygens (including phenoxy) is 1. The molecular weight excluding hydrogens is 398 g/mol. The fraction of sp³-hybridized carbons (Fsp3) is 0.529. The van der Waals surface area contributed by atoms with Crippen molar-refractivity contribution in [1.82, 2.24) is 10.6 Å². The smallest absolute Gasteiger partial charge is 0.320 e. The number of alkyl halides is 2. The molecule has 1 aromatic carbocycles. The lowest BCUT2D eigenvalue weighted by molar-refractivity contribution is -0.178. The molecular formula is C17H17BrF2N2O3. The molecule has 2 spiro atoms. The van der Waals surface area contributed by atoms with Crippen LogP contribution in [-0.4, -0.2) is 24.7 Å². The fourth-order valence-electron chi connectivity index (χ4n) is 4.83. The van der Waals surface area contributed by atoms with Crippen LogP contribution in [0, 0.1) is 5.41 Å². The van der Waals surface area contributed by atoms with E-state index in [4.69, 9.17) is 0 Å². The third-order valence-corrected chi connectivity index (χ3v) is 6.35. The van der Waals surface area contributed by atoms with Crippen LogP contribution in [0.4, 0.5) is 13.6 Å². The van der Waals surface area contributed by atoms with Gasteiger partial charge in [0.15, 0.2) is 5.54 Å². The number of hydrogen-bond donors (Lipinski definition) is 2. The summed E-state index contributed by atoms with van der Waals surface area (Å²) in [6, 6.07) is 5.22. The first-order chi connectivity index (χ1) is 11.9. The van der Waals surface area contributed by atoms with Gasteiger partial charge in [0, 0.05) is 9.89 Å². The number of nitrogens with one attached hydrogen (secondary N) is 2. The van der Waals surface area contributed by atoms with Crippen LogP contribution in [0.3, 0.4) is 0 Å². The number of amides is 3. The second-order valence-corrected chi connectivity index (χ2v) is 7.93. The molecule has 5 nitrogen and oxygen atoms in total. The molecule has 1 saturated carbocycles. The van der Waals surface area contributed by atoms with Crippen molar-refractivity contribution in [1.29, 1.82) is 0 Å². The summed E-state index contributed by atoms with van der Waals surface area (Å²) in [5.41, 5.74) is 0.139. The summed E-state index contributed by atoms with van der Waals surface area (Å²) in [5, 5.41) is 5.24. The third-order valence-electron chi connectivity index (χ3n) is 5.85. The lowest BCUT2D eigenvalue weighted by atomic mass is 9.61. The third kappa shape index (κ3) is 2.41. The maximum Gasteiger partial charge on any atom is 0.345 e. The Morgan fingerprint density at radius 3 is 2.56 bits per heavy atom. The topological polar surface area (TPSA) is 67.4 Å². The maximum atomic E-state index is 12.9. The van der Waals surface area contributed by atoms with Gasteiger partial charge in [-0.25, -0.2) is 4.79 Å². The molecule has 0 aromatic heterocycles. The highest BCUT2D eigenvalue weighted by atomic mass is 79.9. The first kappa shape index (κ1) is 16.9. The normalized spacial score (nSPS) is 33.8. The molecule has 1 unspecified atom stereocenters. The molecule has 8 heteroatoms. The zero-order valence-electron chi connectivity index (χ0n) is 13.3. The minimum Gasteiger partial charge on any atom is -0.320 e. The van der Waals surface area contributed by atoms with E-state index in [0.717, 1.165) is 15.6 Å². The number of carbonyl (C=O) groups is 2. The van der Waals surface area contributed by atoms with Crippen LogP contribution in [-0.2, 0) is 21.5 Å². The predicted octanol–water partition coefficient (Wildman–Crippen LogP) is 3.21. The van der Waals surface area contributed by atoms with Gasteiger partial charge in [0.2, 0.25) is 0 Å². The van der Waals surface area contributed by atoms with Crippen LogP contribution in [0.5, 0.6) is 0 Å². The van der Waals surface area contributed by atoms with E-state index in [1.165, 1.54) is 0 Å². The Morgan fingerprint density at radius 2 is 1.96 bits per heavy atom. The van der Waals surface area contributed by atoms with Gasteiger partial charge in [0.05, 0.1) is 6.10 Å². The number of carbonyl (C=O) groups excluding carboxylic acids is 2. The summed E-state index contributed by atoms with van der Waals surface area (Å²) < 4.78 is 30.5. The van der Waals surface area contributed by atoms with Gasteiger partial charge in [-0.1, -0.05) is 22.0 Å². The molecule has 2 aliphatic carbocycles. The minimum absolute atomic E-state index is 0.359. The van der Waals surface area contributed by atoms with E-state index >= 15 is 0 Å². The van der Waals surface area contributed by atoms with Gasteiger partial charge < -0.3 is 10.1 Å². The largest absolute Gasteiger partial charge is 0.345 e. The molecule has 1 heterocycles. The summed E-state index contributed by atoms with van der Waals surface area (Å²) in [4.78, 5) is 24.8. The van der Waals surface area contributed by atoms with Crippen molar-refractivity contribution in [2.45, 2.75) is 50.4 Å². The van der Waals surface area contributed by atoms with Gasteiger partial charge in [0.25, 0.3) is 5.91 Å². The number of rotatable bonds is 2. The van der Waals surface area contributed by atoms with E-state index in [2.05, 4.69) is 31.3 Å². The first-order valence-electron chi connectivity index (χ1n) is 8.22. The van der Waals surface area contributed by atoms with E-state index < -0.39 is 29.7 Å². The molecule has 1 aliphatic heterocycles. The van der Waals surface area contributed by atoms with Crippen molar-refractivity contribution in [2.24, 2.45) is 5.41 Å². The molecule has 1 saturated heterocycles. The highest BCUT2D eigenvalue weighted by Crippen LogP contribution is 2.59. The molecule has 1 aromatic rings. The minimum atomic E-state index is -2.79. The molecule has 2 fully saturated rings. The number of imide groups is 1. The van der Waals surface area contributed by atoms with Crippen molar-refractivity contribution >= 4 is 27.9 Å². The van der Waals surface area contributed by atoms with Gasteiger partial charge in [-0.15, -0.1) is 0 Å². The summed E-state index contributed by atoms with van der Waals surface area (Å²) in [6.45, 7) is -2.79. The summed E-state index contributed by atoms with van der Waals surface area (Å²) in [7, 11) is 0. The summed E-state index contributed by atoms with van der Waals surface area (Å²) in [6.07, 6.45) is 2.05. The monoisotopic (exact) mass is 414 g/mol. The van der Waals surface area contributed by atoms with Gasteiger partial charge in [-0.3, -0.25) is 10.1 Å². The second-order valence-electron chi connectivity index (χ2n) is 7.01. The highest BCUT2D eigenvalue weighted by molar-refractivity contribution is 9.10. The average molecular weight is 415 g/mol. The number of urea groups is 1. The van der Waals surface area contributed by atoms with Crippen molar-refractivity contribution in [3.63, 3.8) is 0 Å². The van der Waals surface area contributed by atoms with E-state index in [1.807, 2.05) is 18.2 Å². The Hall–Kier alpha value is -1.54. The number of fused-ring (bicyclic) bond motifs is 3. The molecule has 0 radical (unpaired) electrons. The van der Waals surface area contributed by atoms with Crippen LogP contribution in [0.15, 0.2) is 22.7 Å². The Balaban J connectivity index is 1.74. The summed E-state index contributed by atoms with van der Waals surface area (Å²) >= 11 is 3.43. The van der Waals surface area contributed by atoms with Crippen LogP contribution in [0.1, 0.15) is 36.8 Å². The fourth-order valence-corrected chi connectivity index (χ4v) is 5.19. The van der Waals surface area contributed by atoms with Crippen LogP contribution in [0.2, 0.25) is 0 Å². The quantitative estimate of drug-likeness (QED) is 0.730. The van der Waals surface area contributed by atoms with E-state index in [-0.39, 0.29) is 5.91 Å². The van der Waals surface area contributed by atoms with E-state index in [0.29, 0.717) is 32.1 Å². The maximum absolute atomic E-state index is 12.9. The Labute approximate surface area is 151 Å². The summed E-state index contributed by atoms with van der Waals surface area (Å²) in [5.74, 6) is -0.359. The van der Waals surface area contributed by atoms with Crippen molar-refractivity contribution in [3.05, 3.63) is 33.8 Å². The van der Waals surface area contributed by atoms with Gasteiger partial charge in [0.1, 0.15) is 0 Å². The van der Waals surface area contributed by atoms with Gasteiger partial charge in [-0.05, 0) is 55.4 Å². The van der Waals surface area contributed by atoms with Crippen LogP contribution >= 0.6 is 15.9 Å². The predicted molar refractivity (Wildman–Crippen MR) is 88.0 cm³/mol. The van der Waals surface area contributed by atoms with Gasteiger partial charge >= 0.3 is 12.6 Å². The number of halogens is 3. The molecule has 4 rings (SSSR count). The highest BCUT2D eigenvalue weighted by Gasteiger charge is 2.66. The lowest BCUT2D eigenvalue weighted by Gasteiger charge is -2.46. The molecule has 2 N–H and O–H groups in total. The van der Waals surface area contributed by atoms with Crippen molar-refractivity contribution in [3.8, 4) is 0 Å². The molecule has 3 aliphatic rings. The zero-order chi connectivity index (χ0) is 17.8. The average Bonchev–Trinajstić information content (AvgIpc) is 2.99. The molecule has 25 heavy (non-hydrogen) atoms. The molecule has 3 amide bonds. The standard InChI is InChI=1S/C17H17BrF2N2O3/c18-10-2-1-9-8-16(5-3-11(4-6-16)25-14(19)20)17(12(9)7-10)13(23)21-15(24)22-17/h1-2,7,11,14H,3-6,8H2,(H2,21,22,23,24)/t11-,16-,17?. The number of hydrogen-bond acceptors (Lipinski definition) is 3. The van der Waals surface area contributed by atoms with E-state index in [1.54, 1.807) is 0 Å². The van der Waals surface area contributed by atoms with Crippen LogP contribution < -0.4 is 10.6 Å². The Morgan fingerprint density at radius 1 is 1.24 bits per heavy atom. The first-order valence-corrected chi connectivity index (χ1v) is 9.02. The molecule has 1 atom stereocenters. The SMILES string of the molecule is O=C1NC(=O)C2(N1)c1cc(Br)ccc1C[C@]21CC[C@@H](OC(F)F)CC1. The Kier molecular flexibility index (Phi) is 3.88. The van der Waals surface area contributed by atoms with Crippen LogP contribution in [0.25, 0.3) is 0 Å². The van der Waals surface area contributed by atoms with Crippen molar-refractivity contribution < 1.29 is 23.1 Å². The van der Waals surface area contributed by atoms with E-state index in [9.17, 15) is 18.4 Å². The van der Waals surface area contributed by atoms with Gasteiger partial charge in [-0.2, -0.15) is 8.78 Å². The second kappa shape index (κ2) is 5.74. The Bertz CT molecular complexity index is 749. The zero-order valence-corrected chi connectivity index (χ0v) is 14.9.